The highest BCUT2D eigenvalue weighted by Gasteiger charge is 2.07. The third kappa shape index (κ3) is 4.86. The first kappa shape index (κ1) is 14.8. The lowest BCUT2D eigenvalue weighted by Crippen LogP contribution is -2.29. The van der Waals surface area contributed by atoms with Gasteiger partial charge in [-0.2, -0.15) is 0 Å². The van der Waals surface area contributed by atoms with E-state index in [1.807, 2.05) is 19.1 Å². The molecule has 0 aromatic heterocycles. The number of hydrogen-bond acceptors (Lipinski definition) is 2. The normalized spacial score (nSPS) is 12.5. The van der Waals surface area contributed by atoms with E-state index in [0.717, 1.165) is 28.8 Å². The van der Waals surface area contributed by atoms with Crippen LogP contribution >= 0.6 is 27.5 Å². The van der Waals surface area contributed by atoms with Crippen LogP contribution in [0.1, 0.15) is 25.8 Å². The largest absolute Gasteiger partial charge is 0.490 e. The maximum atomic E-state index is 6.13. The zero-order valence-corrected chi connectivity index (χ0v) is 12.9. The fourth-order valence-corrected chi connectivity index (χ4v) is 2.50. The van der Waals surface area contributed by atoms with Crippen LogP contribution in [-0.2, 0) is 0 Å². The second-order valence-electron chi connectivity index (χ2n) is 4.15. The molecule has 1 atom stereocenters. The average molecular weight is 321 g/mol. The van der Waals surface area contributed by atoms with Gasteiger partial charge in [-0.3, -0.25) is 0 Å². The highest BCUT2D eigenvalue weighted by atomic mass is 79.9. The molecule has 17 heavy (non-hydrogen) atoms. The van der Waals surface area contributed by atoms with Gasteiger partial charge in [0.15, 0.2) is 0 Å². The quantitative estimate of drug-likeness (QED) is 0.794. The monoisotopic (exact) mass is 319 g/mol. The molecule has 0 radical (unpaired) electrons. The first-order chi connectivity index (χ1) is 8.04. The van der Waals surface area contributed by atoms with Gasteiger partial charge in [-0.15, -0.1) is 0 Å². The molecular formula is C13H19BrClNO. The Hall–Kier alpha value is -0.250. The van der Waals surface area contributed by atoms with Crippen LogP contribution < -0.4 is 10.1 Å². The molecular weight excluding hydrogens is 302 g/mol. The highest BCUT2D eigenvalue weighted by molar-refractivity contribution is 9.10. The molecule has 4 heteroatoms. The summed E-state index contributed by atoms with van der Waals surface area (Å²) in [7, 11) is 0. The molecule has 0 saturated heterocycles. The minimum atomic E-state index is 0.528. The van der Waals surface area contributed by atoms with Crippen molar-refractivity contribution in [3.63, 3.8) is 0 Å². The van der Waals surface area contributed by atoms with Crippen LogP contribution in [0.3, 0.4) is 0 Å². The molecule has 0 saturated carbocycles. The van der Waals surface area contributed by atoms with Crippen LogP contribution in [0.5, 0.6) is 5.75 Å². The molecule has 0 amide bonds. The van der Waals surface area contributed by atoms with E-state index in [4.69, 9.17) is 16.3 Å². The molecule has 96 valence electrons. The second kappa shape index (κ2) is 7.24. The lowest BCUT2D eigenvalue weighted by Gasteiger charge is -2.14. The Morgan fingerprint density at radius 1 is 1.47 bits per heavy atom. The summed E-state index contributed by atoms with van der Waals surface area (Å²) in [6, 6.07) is 4.38. The van der Waals surface area contributed by atoms with Crippen LogP contribution in [0.15, 0.2) is 16.6 Å². The molecule has 0 fully saturated rings. The van der Waals surface area contributed by atoms with Crippen LogP contribution in [-0.4, -0.2) is 19.2 Å². The van der Waals surface area contributed by atoms with Gasteiger partial charge in [-0.25, -0.2) is 0 Å². The Morgan fingerprint density at radius 3 is 2.76 bits per heavy atom. The fraction of sp³-hybridized carbons (Fsp3) is 0.538. The number of ether oxygens (including phenoxy) is 1. The molecule has 0 heterocycles. The third-order valence-electron chi connectivity index (χ3n) is 2.65. The van der Waals surface area contributed by atoms with Crippen molar-refractivity contribution in [2.24, 2.45) is 0 Å². The Labute approximate surface area is 117 Å². The predicted molar refractivity (Wildman–Crippen MR) is 77.1 cm³/mol. The van der Waals surface area contributed by atoms with Gasteiger partial charge < -0.3 is 10.1 Å². The van der Waals surface area contributed by atoms with Crippen molar-refractivity contribution < 1.29 is 4.74 Å². The third-order valence-corrected chi connectivity index (χ3v) is 3.39. The molecule has 1 aromatic carbocycles. The number of benzene rings is 1. The fourth-order valence-electron chi connectivity index (χ4n) is 1.47. The van der Waals surface area contributed by atoms with Crippen molar-refractivity contribution in [1.29, 1.82) is 0 Å². The minimum absolute atomic E-state index is 0.528. The van der Waals surface area contributed by atoms with Gasteiger partial charge in [-0.05, 0) is 38.0 Å². The Bertz CT molecular complexity index is 347. The number of hydrogen-bond donors (Lipinski definition) is 1. The molecule has 1 unspecified atom stereocenters. The summed E-state index contributed by atoms with van der Waals surface area (Å²) in [6.07, 6.45) is 1.12. The summed E-state index contributed by atoms with van der Waals surface area (Å²) >= 11 is 9.53. The molecule has 0 spiro atoms. The van der Waals surface area contributed by atoms with Crippen LogP contribution in [0.25, 0.3) is 0 Å². The predicted octanol–water partition coefficient (Wildman–Crippen LogP) is 4.18. The molecule has 0 aliphatic rings. The van der Waals surface area contributed by atoms with Crippen LogP contribution in [0, 0.1) is 6.92 Å². The van der Waals surface area contributed by atoms with Crippen molar-refractivity contribution >= 4 is 27.5 Å². The van der Waals surface area contributed by atoms with Crippen molar-refractivity contribution in [3.8, 4) is 5.75 Å². The topological polar surface area (TPSA) is 21.3 Å². The van der Waals surface area contributed by atoms with Crippen LogP contribution in [0.4, 0.5) is 0 Å². The number of nitrogens with one attached hydrogen (secondary N) is 1. The first-order valence-corrected chi connectivity index (χ1v) is 7.03. The van der Waals surface area contributed by atoms with Gasteiger partial charge in [-0.1, -0.05) is 34.5 Å². The number of aryl methyl sites for hydroxylation is 1. The van der Waals surface area contributed by atoms with E-state index in [9.17, 15) is 0 Å². The molecule has 1 N–H and O–H groups in total. The maximum absolute atomic E-state index is 6.13. The van der Waals surface area contributed by atoms with E-state index in [2.05, 4.69) is 35.1 Å². The van der Waals surface area contributed by atoms with Gasteiger partial charge in [0.05, 0.1) is 5.02 Å². The van der Waals surface area contributed by atoms with Crippen LogP contribution in [0.2, 0.25) is 5.02 Å². The second-order valence-corrected chi connectivity index (χ2v) is 5.47. The average Bonchev–Trinajstić information content (AvgIpc) is 2.26. The Morgan fingerprint density at radius 2 is 2.18 bits per heavy atom. The Balaban J connectivity index is 2.47. The van der Waals surface area contributed by atoms with E-state index < -0.39 is 0 Å². The van der Waals surface area contributed by atoms with E-state index >= 15 is 0 Å². The van der Waals surface area contributed by atoms with Gasteiger partial charge in [0.1, 0.15) is 12.4 Å². The van der Waals surface area contributed by atoms with E-state index in [0.29, 0.717) is 17.7 Å². The maximum Gasteiger partial charge on any atom is 0.140 e. The summed E-state index contributed by atoms with van der Waals surface area (Å²) in [5, 5.41) is 4.03. The summed E-state index contributed by atoms with van der Waals surface area (Å²) < 4.78 is 6.68. The summed E-state index contributed by atoms with van der Waals surface area (Å²) in [5.74, 6) is 0.779. The van der Waals surface area contributed by atoms with Crippen molar-refractivity contribution in [1.82, 2.24) is 5.32 Å². The molecule has 0 bridgehead atoms. The van der Waals surface area contributed by atoms with Gasteiger partial charge in [0.25, 0.3) is 0 Å². The van der Waals surface area contributed by atoms with E-state index in [-0.39, 0.29) is 0 Å². The lowest BCUT2D eigenvalue weighted by atomic mass is 10.2. The van der Waals surface area contributed by atoms with Crippen molar-refractivity contribution in [2.75, 3.05) is 13.2 Å². The summed E-state index contributed by atoms with van der Waals surface area (Å²) in [5.41, 5.74) is 1.05. The van der Waals surface area contributed by atoms with Gasteiger partial charge in [0, 0.05) is 17.1 Å². The van der Waals surface area contributed by atoms with Crippen molar-refractivity contribution in [3.05, 3.63) is 27.2 Å². The SMILES string of the molecule is CCC(C)NCCOc1c(C)cc(Br)cc1Cl. The molecule has 0 aliphatic carbocycles. The van der Waals surface area contributed by atoms with Gasteiger partial charge in [0.2, 0.25) is 0 Å². The first-order valence-electron chi connectivity index (χ1n) is 5.86. The molecule has 1 aromatic rings. The van der Waals surface area contributed by atoms with Gasteiger partial charge >= 0.3 is 0 Å². The zero-order chi connectivity index (χ0) is 12.8. The lowest BCUT2D eigenvalue weighted by molar-refractivity contribution is 0.304. The summed E-state index contributed by atoms with van der Waals surface area (Å²) in [4.78, 5) is 0. The highest BCUT2D eigenvalue weighted by Crippen LogP contribution is 2.31. The van der Waals surface area contributed by atoms with Crippen molar-refractivity contribution in [2.45, 2.75) is 33.2 Å². The zero-order valence-electron chi connectivity index (χ0n) is 10.5. The molecule has 1 rings (SSSR count). The van der Waals surface area contributed by atoms with E-state index in [1.54, 1.807) is 0 Å². The smallest absolute Gasteiger partial charge is 0.140 e. The minimum Gasteiger partial charge on any atom is -0.490 e. The molecule has 2 nitrogen and oxygen atoms in total. The molecule has 0 aliphatic heterocycles. The summed E-state index contributed by atoms with van der Waals surface area (Å²) in [6.45, 7) is 7.79. The number of rotatable bonds is 6. The van der Waals surface area contributed by atoms with E-state index in [1.165, 1.54) is 0 Å². The number of halogens is 2. The standard InChI is InChI=1S/C13H19BrClNO/c1-4-10(3)16-5-6-17-13-9(2)7-11(14)8-12(13)15/h7-8,10,16H,4-6H2,1-3H3. The Kier molecular flexibility index (Phi) is 6.31.